The van der Waals surface area contributed by atoms with Crippen molar-refractivity contribution in [1.82, 2.24) is 5.16 Å². The van der Waals surface area contributed by atoms with Crippen molar-refractivity contribution in [2.24, 2.45) is 16.5 Å². The molecule has 1 aromatic heterocycles. The lowest BCUT2D eigenvalue weighted by molar-refractivity contribution is 0.397. The number of nitrogens with zero attached hydrogens (tertiary/aromatic N) is 2. The third-order valence-electron chi connectivity index (χ3n) is 2.49. The summed E-state index contributed by atoms with van der Waals surface area (Å²) in [6.07, 6.45) is 0. The molecule has 2 aromatic rings. The summed E-state index contributed by atoms with van der Waals surface area (Å²) in [5.41, 5.74) is 13.3. The van der Waals surface area contributed by atoms with Crippen molar-refractivity contribution in [1.29, 1.82) is 5.41 Å². The van der Waals surface area contributed by atoms with Crippen molar-refractivity contribution in [2.75, 3.05) is 0 Å². The first-order valence-electron chi connectivity index (χ1n) is 5.88. The lowest BCUT2D eigenvalue weighted by Crippen LogP contribution is -2.23. The van der Waals surface area contributed by atoms with Gasteiger partial charge < -0.3 is 16.0 Å². The van der Waals surface area contributed by atoms with Gasteiger partial charge in [-0.05, 0) is 6.92 Å². The van der Waals surface area contributed by atoms with Gasteiger partial charge in [-0.25, -0.2) is 0 Å². The molecule has 20 heavy (non-hydrogen) atoms. The maximum Gasteiger partial charge on any atom is 0.193 e. The third-order valence-corrected chi connectivity index (χ3v) is 3.28. The minimum absolute atomic E-state index is 0.0401. The smallest absolute Gasteiger partial charge is 0.193 e. The number of aryl methyl sites for hydroxylation is 1. The summed E-state index contributed by atoms with van der Waals surface area (Å²) in [4.78, 5) is 3.62. The van der Waals surface area contributed by atoms with Gasteiger partial charge >= 0.3 is 0 Å². The Bertz CT molecular complexity index is 628. The number of amidine groups is 1. The normalized spacial score (nSPS) is 10.2. The van der Waals surface area contributed by atoms with Crippen LogP contribution in [0.3, 0.4) is 0 Å². The van der Waals surface area contributed by atoms with Crippen LogP contribution in [0.15, 0.2) is 39.8 Å². The molecule has 0 radical (unpaired) electrons. The largest absolute Gasteiger partial charge is 0.370 e. The number of rotatable bonds is 3. The third kappa shape index (κ3) is 3.86. The highest BCUT2D eigenvalue weighted by molar-refractivity contribution is 8.13. The van der Waals surface area contributed by atoms with E-state index in [-0.39, 0.29) is 11.1 Å². The quantitative estimate of drug-likeness (QED) is 0.591. The molecule has 0 fully saturated rings. The zero-order chi connectivity index (χ0) is 14.5. The van der Waals surface area contributed by atoms with Crippen LogP contribution in [0, 0.1) is 12.3 Å². The predicted molar refractivity (Wildman–Crippen MR) is 81.5 cm³/mol. The van der Waals surface area contributed by atoms with Crippen molar-refractivity contribution < 1.29 is 4.52 Å². The minimum atomic E-state index is -0.125. The number of aromatic nitrogens is 1. The number of nitrogens with two attached hydrogens (primary N) is 2. The van der Waals surface area contributed by atoms with Crippen LogP contribution in [0.25, 0.3) is 11.3 Å². The maximum atomic E-state index is 7.52. The summed E-state index contributed by atoms with van der Waals surface area (Å²) in [7, 11) is 0. The van der Waals surface area contributed by atoms with Crippen molar-refractivity contribution in [3.8, 4) is 11.3 Å². The molecule has 0 unspecified atom stereocenters. The first-order valence-corrected chi connectivity index (χ1v) is 6.87. The highest BCUT2D eigenvalue weighted by atomic mass is 32.2. The first-order chi connectivity index (χ1) is 9.54. The fourth-order valence-electron chi connectivity index (χ4n) is 1.53. The number of hydrogen-bond acceptors (Lipinski definition) is 4. The average Bonchev–Trinajstić information content (AvgIpc) is 2.85. The summed E-state index contributed by atoms with van der Waals surface area (Å²) in [5.74, 6) is 0.996. The van der Waals surface area contributed by atoms with Crippen molar-refractivity contribution in [3.05, 3.63) is 41.7 Å². The molecule has 0 spiro atoms. The van der Waals surface area contributed by atoms with Crippen LogP contribution in [0.2, 0.25) is 0 Å². The van der Waals surface area contributed by atoms with E-state index in [9.17, 15) is 0 Å². The molecule has 0 aliphatic rings. The molecule has 6 nitrogen and oxygen atoms in total. The molecule has 1 heterocycles. The lowest BCUT2D eigenvalue weighted by Gasteiger charge is -1.96. The van der Waals surface area contributed by atoms with Crippen LogP contribution in [0.1, 0.15) is 11.3 Å². The predicted octanol–water partition coefficient (Wildman–Crippen LogP) is 2.09. The van der Waals surface area contributed by atoms with E-state index in [1.54, 1.807) is 0 Å². The Morgan fingerprint density at radius 2 is 2.05 bits per heavy atom. The topological polar surface area (TPSA) is 114 Å². The summed E-state index contributed by atoms with van der Waals surface area (Å²) < 4.78 is 5.23. The van der Waals surface area contributed by atoms with E-state index >= 15 is 0 Å². The molecule has 0 aliphatic heterocycles. The van der Waals surface area contributed by atoms with Gasteiger partial charge in [-0.3, -0.25) is 5.41 Å². The molecular formula is C13H15N5OS. The van der Waals surface area contributed by atoms with E-state index in [0.717, 1.165) is 11.3 Å². The zero-order valence-electron chi connectivity index (χ0n) is 11.0. The van der Waals surface area contributed by atoms with Gasteiger partial charge in [-0.15, -0.1) is 0 Å². The number of guanidine groups is 1. The minimum Gasteiger partial charge on any atom is -0.370 e. The fraction of sp³-hybridized carbons (Fsp3) is 0.154. The summed E-state index contributed by atoms with van der Waals surface area (Å²) in [6.45, 7) is 2.03. The van der Waals surface area contributed by atoms with Crippen molar-refractivity contribution in [3.63, 3.8) is 0 Å². The second kappa shape index (κ2) is 6.25. The summed E-state index contributed by atoms with van der Waals surface area (Å²) in [5, 5.41) is 11.6. The van der Waals surface area contributed by atoms with Gasteiger partial charge in [0.1, 0.15) is 11.5 Å². The molecule has 0 saturated heterocycles. The molecule has 2 rings (SSSR count). The molecule has 0 bridgehead atoms. The molecule has 7 heteroatoms. The van der Waals surface area contributed by atoms with Crippen LogP contribution in [0.5, 0.6) is 0 Å². The van der Waals surface area contributed by atoms with Crippen molar-refractivity contribution >= 4 is 22.9 Å². The Morgan fingerprint density at radius 1 is 1.35 bits per heavy atom. The number of benzene rings is 1. The zero-order valence-corrected chi connectivity index (χ0v) is 11.8. The second-order valence-electron chi connectivity index (χ2n) is 4.17. The monoisotopic (exact) mass is 289 g/mol. The second-order valence-corrected chi connectivity index (χ2v) is 5.14. The van der Waals surface area contributed by atoms with E-state index in [1.807, 2.05) is 37.3 Å². The van der Waals surface area contributed by atoms with Crippen LogP contribution in [-0.2, 0) is 5.75 Å². The SMILES string of the molecule is Cc1ccc(-c2cc(CSC(=N)N=C(N)N)on2)cc1. The fourth-order valence-corrected chi connectivity index (χ4v) is 2.12. The molecule has 5 N–H and O–H groups in total. The number of aliphatic imine (C=N–C) groups is 1. The molecule has 0 aliphatic carbocycles. The van der Waals surface area contributed by atoms with E-state index in [1.165, 1.54) is 17.3 Å². The van der Waals surface area contributed by atoms with Crippen LogP contribution < -0.4 is 11.5 Å². The number of thioether (sulfide) groups is 1. The van der Waals surface area contributed by atoms with Gasteiger partial charge in [0.2, 0.25) is 0 Å². The van der Waals surface area contributed by atoms with E-state index in [0.29, 0.717) is 11.5 Å². The van der Waals surface area contributed by atoms with Gasteiger partial charge in [-0.1, -0.05) is 46.7 Å². The standard InChI is InChI=1S/C13H15N5OS/c1-8-2-4-9(5-3-8)11-6-10(19-18-11)7-20-13(16)17-12(14)15/h2-6H,7H2,1H3,(H5,14,15,16,17). The molecular weight excluding hydrogens is 274 g/mol. The molecule has 0 saturated carbocycles. The molecule has 1 aromatic carbocycles. The van der Waals surface area contributed by atoms with Crippen molar-refractivity contribution in [2.45, 2.75) is 12.7 Å². The van der Waals surface area contributed by atoms with E-state index in [2.05, 4.69) is 10.1 Å². The van der Waals surface area contributed by atoms with E-state index < -0.39 is 0 Å². The summed E-state index contributed by atoms with van der Waals surface area (Å²) >= 11 is 1.17. The highest BCUT2D eigenvalue weighted by Gasteiger charge is 2.07. The Balaban J connectivity index is 2.01. The van der Waals surface area contributed by atoms with Gasteiger partial charge in [0.15, 0.2) is 11.1 Å². The number of hydrogen-bond donors (Lipinski definition) is 3. The van der Waals surface area contributed by atoms with Crippen LogP contribution in [-0.4, -0.2) is 16.3 Å². The first kappa shape index (κ1) is 14.1. The van der Waals surface area contributed by atoms with E-state index in [4.69, 9.17) is 21.4 Å². The van der Waals surface area contributed by atoms with Gasteiger partial charge in [-0.2, -0.15) is 4.99 Å². The number of nitrogens with one attached hydrogen (secondary N) is 1. The van der Waals surface area contributed by atoms with Crippen LogP contribution in [0.4, 0.5) is 0 Å². The van der Waals surface area contributed by atoms with Crippen LogP contribution >= 0.6 is 11.8 Å². The average molecular weight is 289 g/mol. The molecule has 0 amide bonds. The Labute approximate surface area is 120 Å². The van der Waals surface area contributed by atoms with Gasteiger partial charge in [0, 0.05) is 11.6 Å². The Kier molecular flexibility index (Phi) is 4.41. The lowest BCUT2D eigenvalue weighted by atomic mass is 10.1. The van der Waals surface area contributed by atoms with Gasteiger partial charge in [0.25, 0.3) is 0 Å². The Morgan fingerprint density at radius 3 is 2.70 bits per heavy atom. The Hall–Kier alpha value is -2.28. The summed E-state index contributed by atoms with van der Waals surface area (Å²) in [6, 6.07) is 9.87. The maximum absolute atomic E-state index is 7.52. The highest BCUT2D eigenvalue weighted by Crippen LogP contribution is 2.22. The van der Waals surface area contributed by atoms with Gasteiger partial charge in [0.05, 0.1) is 5.75 Å². The molecule has 104 valence electrons. The molecule has 0 atom stereocenters.